The maximum Gasteiger partial charge on any atom is 0.325 e. The fourth-order valence-electron chi connectivity index (χ4n) is 2.97. The second kappa shape index (κ2) is 5.20. The summed E-state index contributed by atoms with van der Waals surface area (Å²) in [5.74, 6) is -0.859. The van der Waals surface area contributed by atoms with Gasteiger partial charge in [-0.1, -0.05) is 12.1 Å². The summed E-state index contributed by atoms with van der Waals surface area (Å²) in [7, 11) is 1.28. The van der Waals surface area contributed by atoms with Crippen LogP contribution in [0.1, 0.15) is 23.2 Å². The van der Waals surface area contributed by atoms with Crippen LogP contribution in [0.15, 0.2) is 24.3 Å². The van der Waals surface area contributed by atoms with Gasteiger partial charge in [-0.2, -0.15) is 0 Å². The van der Waals surface area contributed by atoms with Crippen LogP contribution in [-0.2, 0) is 14.3 Å². The summed E-state index contributed by atoms with van der Waals surface area (Å²) in [5.41, 5.74) is 0.937. The van der Waals surface area contributed by atoms with Crippen molar-refractivity contribution in [2.45, 2.75) is 18.9 Å². The van der Waals surface area contributed by atoms with Gasteiger partial charge in [0.25, 0.3) is 5.91 Å². The topological polar surface area (TPSA) is 66.9 Å². The van der Waals surface area contributed by atoms with Crippen molar-refractivity contribution >= 4 is 23.5 Å². The Labute approximate surface area is 122 Å². The van der Waals surface area contributed by atoms with Gasteiger partial charge in [-0.05, 0) is 25.0 Å². The van der Waals surface area contributed by atoms with Gasteiger partial charge in [-0.3, -0.25) is 19.3 Å². The predicted octanol–water partition coefficient (Wildman–Crippen LogP) is 0.811. The summed E-state index contributed by atoms with van der Waals surface area (Å²) in [6, 6.07) is 6.41. The van der Waals surface area contributed by atoms with Crippen molar-refractivity contribution in [3.05, 3.63) is 29.8 Å². The van der Waals surface area contributed by atoms with E-state index in [9.17, 15) is 14.4 Å². The summed E-state index contributed by atoms with van der Waals surface area (Å²) in [6.07, 6.45) is 1.44. The van der Waals surface area contributed by atoms with Crippen LogP contribution in [0.4, 0.5) is 5.69 Å². The monoisotopic (exact) mass is 288 g/mol. The fourth-order valence-corrected chi connectivity index (χ4v) is 2.97. The molecule has 2 amide bonds. The molecule has 2 aliphatic heterocycles. The number of hydrogen-bond acceptors (Lipinski definition) is 4. The maximum atomic E-state index is 12.7. The van der Waals surface area contributed by atoms with Crippen molar-refractivity contribution in [1.29, 1.82) is 0 Å². The molecule has 6 heteroatoms. The van der Waals surface area contributed by atoms with Gasteiger partial charge in [0.1, 0.15) is 12.6 Å². The van der Waals surface area contributed by atoms with E-state index in [0.29, 0.717) is 24.2 Å². The Kier molecular flexibility index (Phi) is 3.37. The molecule has 0 unspecified atom stereocenters. The number of benzene rings is 1. The SMILES string of the molecule is COC(=O)CN1C(=O)[C@H]2CCCN2C(=O)c2ccccc21. The Bertz CT molecular complexity index is 613. The van der Waals surface area contributed by atoms with E-state index in [4.69, 9.17) is 0 Å². The summed E-state index contributed by atoms with van der Waals surface area (Å²) in [4.78, 5) is 39.9. The Balaban J connectivity index is 2.09. The van der Waals surface area contributed by atoms with E-state index >= 15 is 0 Å². The molecule has 110 valence electrons. The Hall–Kier alpha value is -2.37. The smallest absolute Gasteiger partial charge is 0.325 e. The van der Waals surface area contributed by atoms with Gasteiger partial charge in [0.15, 0.2) is 0 Å². The van der Waals surface area contributed by atoms with Gasteiger partial charge in [0, 0.05) is 6.54 Å². The molecule has 0 radical (unpaired) electrons. The van der Waals surface area contributed by atoms with Gasteiger partial charge in [-0.15, -0.1) is 0 Å². The molecule has 0 aromatic heterocycles. The predicted molar refractivity (Wildman–Crippen MR) is 74.9 cm³/mol. The van der Waals surface area contributed by atoms with Crippen LogP contribution in [-0.4, -0.2) is 48.9 Å². The molecule has 1 atom stereocenters. The average molecular weight is 288 g/mol. The number of anilines is 1. The summed E-state index contributed by atoms with van der Waals surface area (Å²) in [5, 5.41) is 0. The number of carbonyl (C=O) groups excluding carboxylic acids is 3. The van der Waals surface area contributed by atoms with Gasteiger partial charge in [0.05, 0.1) is 18.4 Å². The third kappa shape index (κ3) is 2.16. The normalized spacial score (nSPS) is 20.9. The minimum Gasteiger partial charge on any atom is -0.468 e. The van der Waals surface area contributed by atoms with Crippen molar-refractivity contribution in [3.63, 3.8) is 0 Å². The zero-order chi connectivity index (χ0) is 15.0. The fraction of sp³-hybridized carbons (Fsp3) is 0.400. The van der Waals surface area contributed by atoms with Crippen molar-refractivity contribution < 1.29 is 19.1 Å². The highest BCUT2D eigenvalue weighted by molar-refractivity contribution is 6.12. The van der Waals surface area contributed by atoms with Crippen LogP contribution in [0.25, 0.3) is 0 Å². The average Bonchev–Trinajstić information content (AvgIpc) is 2.97. The number of fused-ring (bicyclic) bond motifs is 2. The van der Waals surface area contributed by atoms with Gasteiger partial charge in [0.2, 0.25) is 5.91 Å². The number of nitrogens with zero attached hydrogens (tertiary/aromatic N) is 2. The van der Waals surface area contributed by atoms with Crippen molar-refractivity contribution in [1.82, 2.24) is 4.90 Å². The number of hydrogen-bond donors (Lipinski definition) is 0. The molecule has 1 saturated heterocycles. The van der Waals surface area contributed by atoms with Crippen molar-refractivity contribution in [2.24, 2.45) is 0 Å². The number of ether oxygens (including phenoxy) is 1. The summed E-state index contributed by atoms with van der Waals surface area (Å²) in [6.45, 7) is 0.402. The molecule has 0 bridgehead atoms. The summed E-state index contributed by atoms with van der Waals surface area (Å²) < 4.78 is 4.66. The van der Waals surface area contributed by atoms with Crippen LogP contribution < -0.4 is 4.90 Å². The molecule has 2 aliphatic rings. The van der Waals surface area contributed by atoms with Gasteiger partial charge < -0.3 is 9.64 Å². The lowest BCUT2D eigenvalue weighted by Gasteiger charge is -2.24. The van der Waals surface area contributed by atoms with E-state index in [1.54, 1.807) is 29.2 Å². The van der Waals surface area contributed by atoms with E-state index in [1.165, 1.54) is 12.0 Å². The van der Waals surface area contributed by atoms with Crippen LogP contribution in [0.3, 0.4) is 0 Å². The van der Waals surface area contributed by atoms with Crippen LogP contribution in [0.5, 0.6) is 0 Å². The van der Waals surface area contributed by atoms with Crippen LogP contribution >= 0.6 is 0 Å². The molecule has 1 fully saturated rings. The lowest BCUT2D eigenvalue weighted by atomic mass is 10.1. The highest BCUT2D eigenvalue weighted by Crippen LogP contribution is 2.32. The zero-order valence-corrected chi connectivity index (χ0v) is 11.7. The first-order valence-electron chi connectivity index (χ1n) is 6.91. The van der Waals surface area contributed by atoms with E-state index in [1.807, 2.05) is 0 Å². The third-order valence-corrected chi connectivity index (χ3v) is 4.00. The first-order chi connectivity index (χ1) is 10.1. The molecule has 0 saturated carbocycles. The van der Waals surface area contributed by atoms with Crippen LogP contribution in [0.2, 0.25) is 0 Å². The molecule has 1 aromatic rings. The number of methoxy groups -OCH3 is 1. The second-order valence-electron chi connectivity index (χ2n) is 5.17. The minimum absolute atomic E-state index is 0.145. The van der Waals surface area contributed by atoms with Gasteiger partial charge >= 0.3 is 5.97 Å². The standard InChI is InChI=1S/C15H16N2O4/c1-21-13(18)9-17-11-6-3-2-5-10(11)14(19)16-8-4-7-12(16)15(17)20/h2-3,5-6,12H,4,7-9H2,1H3/t12-/m1/s1. The Morgan fingerprint density at radius 3 is 2.86 bits per heavy atom. The summed E-state index contributed by atoms with van der Waals surface area (Å²) >= 11 is 0. The number of esters is 1. The van der Waals surface area contributed by atoms with E-state index < -0.39 is 12.0 Å². The number of para-hydroxylation sites is 1. The molecule has 6 nitrogen and oxygen atoms in total. The first kappa shape index (κ1) is 13.6. The lowest BCUT2D eigenvalue weighted by molar-refractivity contribution is -0.140. The minimum atomic E-state index is -0.503. The molecular weight excluding hydrogens is 272 g/mol. The van der Waals surface area contributed by atoms with Crippen molar-refractivity contribution in [2.75, 3.05) is 25.1 Å². The van der Waals surface area contributed by atoms with E-state index in [-0.39, 0.29) is 18.4 Å². The molecule has 1 aromatic carbocycles. The molecule has 0 aliphatic carbocycles. The molecule has 3 rings (SSSR count). The van der Waals surface area contributed by atoms with Crippen LogP contribution in [0, 0.1) is 0 Å². The van der Waals surface area contributed by atoms with Crippen molar-refractivity contribution in [3.8, 4) is 0 Å². The molecular formula is C15H16N2O4. The zero-order valence-electron chi connectivity index (χ0n) is 11.7. The second-order valence-corrected chi connectivity index (χ2v) is 5.17. The maximum absolute atomic E-state index is 12.7. The largest absolute Gasteiger partial charge is 0.468 e. The molecule has 2 heterocycles. The highest BCUT2D eigenvalue weighted by atomic mass is 16.5. The third-order valence-electron chi connectivity index (χ3n) is 4.00. The Morgan fingerprint density at radius 2 is 2.10 bits per heavy atom. The quantitative estimate of drug-likeness (QED) is 0.755. The lowest BCUT2D eigenvalue weighted by Crippen LogP contribution is -2.46. The number of rotatable bonds is 2. The molecule has 0 N–H and O–H groups in total. The first-order valence-corrected chi connectivity index (χ1v) is 6.91. The van der Waals surface area contributed by atoms with Gasteiger partial charge in [-0.25, -0.2) is 0 Å². The number of carbonyl (C=O) groups is 3. The highest BCUT2D eigenvalue weighted by Gasteiger charge is 2.42. The van der Waals surface area contributed by atoms with E-state index in [2.05, 4.69) is 4.74 Å². The molecule has 0 spiro atoms. The van der Waals surface area contributed by atoms with E-state index in [0.717, 1.165) is 6.42 Å². The Morgan fingerprint density at radius 1 is 1.33 bits per heavy atom. The number of amides is 2. The molecule has 21 heavy (non-hydrogen) atoms.